The van der Waals surface area contributed by atoms with Gasteiger partial charge in [-0.25, -0.2) is 0 Å². The Balaban J connectivity index is 1.53. The molecule has 1 aromatic heterocycles. The number of rotatable bonds is 5. The summed E-state index contributed by atoms with van der Waals surface area (Å²) in [7, 11) is 0. The fourth-order valence-electron chi connectivity index (χ4n) is 5.42. The molecular weight excluding hydrogens is 458 g/mol. The Kier molecular flexibility index (Phi) is 6.45. The van der Waals surface area contributed by atoms with Crippen molar-refractivity contribution >= 4 is 23.4 Å². The van der Waals surface area contributed by atoms with Crippen molar-refractivity contribution in [3.63, 3.8) is 0 Å². The van der Waals surface area contributed by atoms with Crippen molar-refractivity contribution in [3.8, 4) is 11.3 Å². The molecule has 1 atom stereocenters. The fourth-order valence-corrected chi connectivity index (χ4v) is 5.62. The van der Waals surface area contributed by atoms with Gasteiger partial charge in [-0.2, -0.15) is 0 Å². The fraction of sp³-hybridized carbons (Fsp3) is 0.379. The Morgan fingerprint density at radius 3 is 2.34 bits per heavy atom. The number of hydrogen-bond donors (Lipinski definition) is 1. The van der Waals surface area contributed by atoms with Crippen molar-refractivity contribution in [1.29, 1.82) is 0 Å². The van der Waals surface area contributed by atoms with Crippen molar-refractivity contribution in [2.24, 2.45) is 5.92 Å². The highest BCUT2D eigenvalue weighted by Gasteiger charge is 2.48. The molecule has 0 unspecified atom stereocenters. The molecule has 2 aromatic carbocycles. The van der Waals surface area contributed by atoms with E-state index >= 15 is 0 Å². The van der Waals surface area contributed by atoms with Crippen LogP contribution in [0.3, 0.4) is 0 Å². The van der Waals surface area contributed by atoms with Gasteiger partial charge in [-0.15, -0.1) is 0 Å². The molecule has 1 N–H and O–H groups in total. The second-order valence-corrected chi connectivity index (χ2v) is 10.7. The summed E-state index contributed by atoms with van der Waals surface area (Å²) in [6.45, 7) is 4.81. The van der Waals surface area contributed by atoms with Crippen LogP contribution in [0.5, 0.6) is 0 Å². The Bertz CT molecular complexity index is 1230. The molecule has 5 nitrogen and oxygen atoms in total. The molecule has 0 bridgehead atoms. The lowest BCUT2D eigenvalue weighted by molar-refractivity contribution is -0.134. The summed E-state index contributed by atoms with van der Waals surface area (Å²) in [6, 6.07) is 21.5. The number of nitrogens with zero attached hydrogens (tertiary/aromatic N) is 2. The predicted octanol–water partition coefficient (Wildman–Crippen LogP) is 5.92. The van der Waals surface area contributed by atoms with Gasteiger partial charge in [0.1, 0.15) is 11.2 Å². The summed E-state index contributed by atoms with van der Waals surface area (Å²) in [5.41, 5.74) is 2.32. The molecule has 1 saturated carbocycles. The van der Waals surface area contributed by atoms with Crippen LogP contribution in [0.15, 0.2) is 66.7 Å². The molecule has 1 aliphatic heterocycles. The van der Waals surface area contributed by atoms with Gasteiger partial charge in [0.15, 0.2) is 0 Å². The second-order valence-electron chi connectivity index (χ2n) is 10.2. The molecule has 0 spiro atoms. The quantitative estimate of drug-likeness (QED) is 0.483. The third-order valence-electron chi connectivity index (χ3n) is 7.70. The molecule has 6 heteroatoms. The van der Waals surface area contributed by atoms with Crippen LogP contribution in [0.1, 0.15) is 55.6 Å². The van der Waals surface area contributed by atoms with Gasteiger partial charge >= 0.3 is 0 Å². The van der Waals surface area contributed by atoms with Crippen molar-refractivity contribution in [3.05, 3.63) is 83.0 Å². The molecule has 2 amide bonds. The standard InChI is InChI=1S/C29H32ClN3O2/c1-20-12-14-23(15-13-20)31-28(35)29(2)19-32-25(21-8-4-3-5-9-21)16-17-26(32)27(34)33(29)18-22-10-6-7-11-24(22)30/h3-11,16-17,20,23H,12-15,18-19H2,1-2H3,(H,31,35)/t20?,23?,29-/m0/s1. The molecule has 2 heterocycles. The zero-order valence-corrected chi connectivity index (χ0v) is 21.1. The first-order valence-corrected chi connectivity index (χ1v) is 12.9. The summed E-state index contributed by atoms with van der Waals surface area (Å²) in [4.78, 5) is 29.6. The topological polar surface area (TPSA) is 54.3 Å². The third kappa shape index (κ3) is 4.50. The van der Waals surface area contributed by atoms with Gasteiger partial charge in [0.05, 0.1) is 6.54 Å². The van der Waals surface area contributed by atoms with Crippen LogP contribution >= 0.6 is 11.6 Å². The summed E-state index contributed by atoms with van der Waals surface area (Å²) in [5, 5.41) is 3.90. The van der Waals surface area contributed by atoms with Gasteiger partial charge in [-0.05, 0) is 67.9 Å². The number of carbonyl (C=O) groups is 2. The number of aromatic nitrogens is 1. The van der Waals surface area contributed by atoms with Crippen LogP contribution in [0.2, 0.25) is 5.02 Å². The van der Waals surface area contributed by atoms with Crippen LogP contribution in [0.4, 0.5) is 0 Å². The summed E-state index contributed by atoms with van der Waals surface area (Å²) >= 11 is 6.47. The molecule has 35 heavy (non-hydrogen) atoms. The van der Waals surface area contributed by atoms with Crippen molar-refractivity contribution in [2.45, 2.75) is 64.2 Å². The van der Waals surface area contributed by atoms with Gasteiger partial charge in [0, 0.05) is 23.3 Å². The Labute approximate surface area is 212 Å². The molecule has 3 aromatic rings. The summed E-state index contributed by atoms with van der Waals surface area (Å²) < 4.78 is 2.00. The average Bonchev–Trinajstić information content (AvgIpc) is 3.28. The Morgan fingerprint density at radius 2 is 1.63 bits per heavy atom. The maximum Gasteiger partial charge on any atom is 0.271 e. The molecule has 1 aliphatic carbocycles. The third-order valence-corrected chi connectivity index (χ3v) is 8.07. The molecule has 1 fully saturated rings. The van der Waals surface area contributed by atoms with E-state index in [1.165, 1.54) is 0 Å². The average molecular weight is 490 g/mol. The maximum atomic E-state index is 13.9. The lowest BCUT2D eigenvalue weighted by Gasteiger charge is -2.45. The minimum Gasteiger partial charge on any atom is -0.351 e. The number of carbonyl (C=O) groups excluding carboxylic acids is 2. The molecule has 2 aliphatic rings. The van der Waals surface area contributed by atoms with E-state index in [2.05, 4.69) is 12.2 Å². The number of hydrogen-bond acceptors (Lipinski definition) is 2. The van der Waals surface area contributed by atoms with E-state index in [1.54, 1.807) is 4.90 Å². The number of benzene rings is 2. The zero-order valence-electron chi connectivity index (χ0n) is 20.3. The smallest absolute Gasteiger partial charge is 0.271 e. The van der Waals surface area contributed by atoms with Crippen molar-refractivity contribution in [1.82, 2.24) is 14.8 Å². The van der Waals surface area contributed by atoms with E-state index in [-0.39, 0.29) is 24.4 Å². The van der Waals surface area contributed by atoms with Gasteiger partial charge in [-0.3, -0.25) is 9.59 Å². The first-order valence-electron chi connectivity index (χ1n) is 12.5. The van der Waals surface area contributed by atoms with Gasteiger partial charge in [-0.1, -0.05) is 67.1 Å². The molecule has 5 rings (SSSR count). The minimum absolute atomic E-state index is 0.101. The van der Waals surface area contributed by atoms with Gasteiger partial charge in [0.25, 0.3) is 5.91 Å². The second kappa shape index (κ2) is 9.54. The van der Waals surface area contributed by atoms with Crippen LogP contribution in [0, 0.1) is 5.92 Å². The van der Waals surface area contributed by atoms with E-state index in [4.69, 9.17) is 11.6 Å². The van der Waals surface area contributed by atoms with Gasteiger partial charge in [0.2, 0.25) is 5.91 Å². The highest BCUT2D eigenvalue weighted by Crippen LogP contribution is 2.35. The van der Waals surface area contributed by atoms with E-state index in [1.807, 2.05) is 78.2 Å². The zero-order chi connectivity index (χ0) is 24.6. The molecule has 0 saturated heterocycles. The number of amides is 2. The predicted molar refractivity (Wildman–Crippen MR) is 139 cm³/mol. The van der Waals surface area contributed by atoms with Crippen LogP contribution < -0.4 is 5.32 Å². The number of halogens is 1. The van der Waals surface area contributed by atoms with Crippen LogP contribution in [-0.4, -0.2) is 32.9 Å². The SMILES string of the molecule is CC1CCC(NC(=O)[C@]2(C)Cn3c(ccc3-c3ccccc3)C(=O)N2Cc2ccccc2Cl)CC1. The monoisotopic (exact) mass is 489 g/mol. The maximum absolute atomic E-state index is 13.9. The lowest BCUT2D eigenvalue weighted by Crippen LogP contribution is -2.64. The number of nitrogens with one attached hydrogen (secondary N) is 1. The summed E-state index contributed by atoms with van der Waals surface area (Å²) in [6.07, 6.45) is 4.19. The highest BCUT2D eigenvalue weighted by molar-refractivity contribution is 6.31. The highest BCUT2D eigenvalue weighted by atomic mass is 35.5. The Morgan fingerprint density at radius 1 is 0.971 bits per heavy atom. The van der Waals surface area contributed by atoms with Gasteiger partial charge < -0.3 is 14.8 Å². The molecule has 0 radical (unpaired) electrons. The van der Waals surface area contributed by atoms with Crippen LogP contribution in [-0.2, 0) is 17.9 Å². The molecular formula is C29H32ClN3O2. The number of fused-ring (bicyclic) bond motifs is 1. The van der Waals surface area contributed by atoms with E-state index in [0.29, 0.717) is 23.2 Å². The lowest BCUT2D eigenvalue weighted by atomic mass is 9.86. The van der Waals surface area contributed by atoms with E-state index in [9.17, 15) is 9.59 Å². The largest absolute Gasteiger partial charge is 0.351 e. The molecule has 182 valence electrons. The normalized spacial score (nSPS) is 24.2. The Hall–Kier alpha value is -3.05. The minimum atomic E-state index is -1.06. The van der Waals surface area contributed by atoms with Crippen molar-refractivity contribution in [2.75, 3.05) is 0 Å². The summed E-state index contributed by atoms with van der Waals surface area (Å²) in [5.74, 6) is 0.437. The van der Waals surface area contributed by atoms with Crippen LogP contribution in [0.25, 0.3) is 11.3 Å². The first kappa shape index (κ1) is 23.7. The first-order chi connectivity index (χ1) is 16.9. The van der Waals surface area contributed by atoms with Crippen molar-refractivity contribution < 1.29 is 9.59 Å². The van der Waals surface area contributed by atoms with E-state index in [0.717, 1.165) is 42.5 Å². The van der Waals surface area contributed by atoms with E-state index < -0.39 is 5.54 Å².